The van der Waals surface area contributed by atoms with E-state index in [0.717, 1.165) is 49.9 Å². The Morgan fingerprint density at radius 2 is 1.24 bits per heavy atom. The Hall–Kier alpha value is -2.96. The van der Waals surface area contributed by atoms with Crippen molar-refractivity contribution < 1.29 is 27.2 Å². The van der Waals surface area contributed by atoms with Gasteiger partial charge in [-0.1, -0.05) is 0 Å². The SMILES string of the molecule is O=C1C(=Cc2cc3c4c(c2)CCCN4CCC3)C(=O)c2c(F)c(F)c(F)c(F)c21. The largest absolute Gasteiger partial charge is 0.371 e. The molecule has 0 bridgehead atoms. The van der Waals surface area contributed by atoms with Gasteiger partial charge in [-0.15, -0.1) is 0 Å². The Morgan fingerprint density at radius 3 is 1.72 bits per heavy atom. The quantitative estimate of drug-likeness (QED) is 0.234. The Balaban J connectivity index is 1.64. The Labute approximate surface area is 163 Å². The summed E-state index contributed by atoms with van der Waals surface area (Å²) in [5.74, 6) is -10.1. The van der Waals surface area contributed by atoms with Crippen LogP contribution in [0.3, 0.4) is 0 Å². The topological polar surface area (TPSA) is 37.4 Å². The van der Waals surface area contributed by atoms with E-state index in [9.17, 15) is 27.2 Å². The van der Waals surface area contributed by atoms with E-state index in [1.54, 1.807) is 0 Å². The van der Waals surface area contributed by atoms with Crippen molar-refractivity contribution >= 4 is 23.3 Å². The molecule has 2 aliphatic heterocycles. The van der Waals surface area contributed by atoms with Gasteiger partial charge in [0.1, 0.15) is 0 Å². The molecule has 0 spiro atoms. The lowest BCUT2D eigenvalue weighted by molar-refractivity contribution is 0.0988. The van der Waals surface area contributed by atoms with Crippen LogP contribution in [0.5, 0.6) is 0 Å². The standard InChI is InChI=1S/C22H15F4NO2/c23-16-14-15(17(24)19(26)18(16)25)22(29)13(21(14)28)9-10-7-11-3-1-5-27-6-2-4-12(8-10)20(11)27/h7-9H,1-6H2. The summed E-state index contributed by atoms with van der Waals surface area (Å²) in [7, 11) is 0. The highest BCUT2D eigenvalue weighted by Crippen LogP contribution is 2.38. The van der Waals surface area contributed by atoms with Crippen molar-refractivity contribution in [2.24, 2.45) is 0 Å². The van der Waals surface area contributed by atoms with Gasteiger partial charge in [-0.05, 0) is 60.6 Å². The van der Waals surface area contributed by atoms with E-state index < -0.39 is 51.5 Å². The van der Waals surface area contributed by atoms with Crippen molar-refractivity contribution in [1.82, 2.24) is 0 Å². The molecule has 0 saturated carbocycles. The molecule has 2 aromatic rings. The second-order valence-corrected chi connectivity index (χ2v) is 7.60. The fourth-order valence-electron chi connectivity index (χ4n) is 4.64. The van der Waals surface area contributed by atoms with Crippen molar-refractivity contribution in [2.45, 2.75) is 25.7 Å². The van der Waals surface area contributed by atoms with Crippen LogP contribution in [0.15, 0.2) is 17.7 Å². The van der Waals surface area contributed by atoms with E-state index in [1.807, 2.05) is 12.1 Å². The number of halogens is 4. The van der Waals surface area contributed by atoms with Gasteiger partial charge < -0.3 is 4.90 Å². The Kier molecular flexibility index (Phi) is 3.91. The normalized spacial score (nSPS) is 17.5. The highest BCUT2D eigenvalue weighted by Gasteiger charge is 2.42. The number of rotatable bonds is 1. The average Bonchev–Trinajstić information content (AvgIpc) is 2.96. The molecular formula is C22H15F4NO2. The lowest BCUT2D eigenvalue weighted by atomic mass is 9.89. The van der Waals surface area contributed by atoms with Crippen LogP contribution in [0.1, 0.15) is 50.2 Å². The molecule has 29 heavy (non-hydrogen) atoms. The molecule has 3 aliphatic rings. The van der Waals surface area contributed by atoms with Crippen LogP contribution in [0.4, 0.5) is 23.2 Å². The molecule has 2 aromatic carbocycles. The molecule has 1 aliphatic carbocycles. The van der Waals surface area contributed by atoms with E-state index in [4.69, 9.17) is 0 Å². The van der Waals surface area contributed by atoms with E-state index in [1.165, 1.54) is 11.8 Å². The molecule has 5 rings (SSSR count). The maximum atomic E-state index is 14.1. The van der Waals surface area contributed by atoms with Crippen molar-refractivity contribution in [3.05, 3.63) is 68.8 Å². The third-order valence-electron chi connectivity index (χ3n) is 5.88. The summed E-state index contributed by atoms with van der Waals surface area (Å²) in [6, 6.07) is 3.72. The van der Waals surface area contributed by atoms with Gasteiger partial charge in [0, 0.05) is 18.8 Å². The lowest BCUT2D eigenvalue weighted by Crippen LogP contribution is -2.34. The summed E-state index contributed by atoms with van der Waals surface area (Å²) in [6.45, 7) is 1.98. The van der Waals surface area contributed by atoms with Gasteiger partial charge in [0.15, 0.2) is 23.3 Å². The number of Topliss-reactive ketones (excluding diaryl/α,β-unsaturated/α-hetero) is 2. The first-order valence-corrected chi connectivity index (χ1v) is 9.46. The second-order valence-electron chi connectivity index (χ2n) is 7.60. The second kappa shape index (κ2) is 6.27. The number of carbonyl (C=O) groups is 2. The van der Waals surface area contributed by atoms with Crippen molar-refractivity contribution in [3.63, 3.8) is 0 Å². The molecule has 0 aromatic heterocycles. The van der Waals surface area contributed by atoms with Gasteiger partial charge in [-0.25, -0.2) is 17.6 Å². The molecule has 0 unspecified atom stereocenters. The van der Waals surface area contributed by atoms with Gasteiger partial charge >= 0.3 is 0 Å². The zero-order valence-corrected chi connectivity index (χ0v) is 15.3. The zero-order valence-electron chi connectivity index (χ0n) is 15.3. The Morgan fingerprint density at radius 1 is 0.759 bits per heavy atom. The number of aryl methyl sites for hydroxylation is 2. The fraction of sp³-hybridized carbons (Fsp3) is 0.273. The van der Waals surface area contributed by atoms with Gasteiger partial charge in [0.2, 0.25) is 11.6 Å². The molecule has 3 nitrogen and oxygen atoms in total. The smallest absolute Gasteiger partial charge is 0.200 e. The zero-order chi connectivity index (χ0) is 20.4. The molecule has 0 amide bonds. The number of hydrogen-bond donors (Lipinski definition) is 0. The minimum absolute atomic E-state index is 0.488. The van der Waals surface area contributed by atoms with E-state index in [-0.39, 0.29) is 0 Å². The van der Waals surface area contributed by atoms with Crippen LogP contribution in [-0.2, 0) is 12.8 Å². The molecular weight excluding hydrogens is 386 g/mol. The third-order valence-corrected chi connectivity index (χ3v) is 5.88. The first-order chi connectivity index (χ1) is 13.9. The predicted molar refractivity (Wildman–Crippen MR) is 98.2 cm³/mol. The maximum Gasteiger partial charge on any atom is 0.200 e. The summed E-state index contributed by atoms with van der Waals surface area (Å²) in [6.07, 6.45) is 4.97. The number of benzene rings is 2. The number of allylic oxidation sites excluding steroid dienone is 1. The highest BCUT2D eigenvalue weighted by molar-refractivity contribution is 6.41. The average molecular weight is 401 g/mol. The van der Waals surface area contributed by atoms with Crippen LogP contribution in [0.2, 0.25) is 0 Å². The summed E-state index contributed by atoms with van der Waals surface area (Å²) >= 11 is 0. The third kappa shape index (κ3) is 2.49. The van der Waals surface area contributed by atoms with Crippen LogP contribution in [0.25, 0.3) is 6.08 Å². The molecule has 0 radical (unpaired) electrons. The summed E-state index contributed by atoms with van der Waals surface area (Å²) in [4.78, 5) is 27.4. The van der Waals surface area contributed by atoms with E-state index in [2.05, 4.69) is 4.90 Å². The first-order valence-electron chi connectivity index (χ1n) is 9.46. The monoisotopic (exact) mass is 401 g/mol. The van der Waals surface area contributed by atoms with Crippen molar-refractivity contribution in [2.75, 3.05) is 18.0 Å². The van der Waals surface area contributed by atoms with Crippen molar-refractivity contribution in [3.8, 4) is 0 Å². The minimum atomic E-state index is -2.10. The molecule has 2 heterocycles. The molecule has 0 atom stereocenters. The van der Waals surface area contributed by atoms with Gasteiger partial charge in [0.05, 0.1) is 16.7 Å². The van der Waals surface area contributed by atoms with Gasteiger partial charge in [-0.3, -0.25) is 9.59 Å². The van der Waals surface area contributed by atoms with Gasteiger partial charge in [0.25, 0.3) is 0 Å². The number of nitrogens with zero attached hydrogens (tertiary/aromatic N) is 1. The molecule has 0 fully saturated rings. The maximum absolute atomic E-state index is 14.1. The Bertz CT molecular complexity index is 1070. The number of hydrogen-bond acceptors (Lipinski definition) is 3. The summed E-state index contributed by atoms with van der Waals surface area (Å²) in [5.41, 5.74) is 1.40. The lowest BCUT2D eigenvalue weighted by Gasteiger charge is -2.37. The molecule has 148 valence electrons. The number of fused-ring (bicyclic) bond motifs is 1. The van der Waals surface area contributed by atoms with Crippen molar-refractivity contribution in [1.29, 1.82) is 0 Å². The van der Waals surface area contributed by atoms with Crippen LogP contribution in [0, 0.1) is 23.3 Å². The predicted octanol–water partition coefficient (Wildman–Crippen LogP) is 4.40. The molecule has 0 N–H and O–H groups in total. The highest BCUT2D eigenvalue weighted by atomic mass is 19.2. The summed E-state index contributed by atoms with van der Waals surface area (Å²) < 4.78 is 55.3. The van der Waals surface area contributed by atoms with E-state index in [0.29, 0.717) is 5.56 Å². The number of ketones is 2. The molecule has 0 saturated heterocycles. The fourth-order valence-corrected chi connectivity index (χ4v) is 4.64. The minimum Gasteiger partial charge on any atom is -0.371 e. The molecule has 7 heteroatoms. The first kappa shape index (κ1) is 18.1. The summed E-state index contributed by atoms with van der Waals surface area (Å²) in [5, 5.41) is 0. The van der Waals surface area contributed by atoms with Crippen LogP contribution < -0.4 is 4.90 Å². The van der Waals surface area contributed by atoms with Crippen LogP contribution >= 0.6 is 0 Å². The van der Waals surface area contributed by atoms with Crippen LogP contribution in [-0.4, -0.2) is 24.7 Å². The number of carbonyl (C=O) groups excluding carboxylic acids is 2. The van der Waals surface area contributed by atoms with E-state index >= 15 is 0 Å². The van der Waals surface area contributed by atoms with Gasteiger partial charge in [-0.2, -0.15) is 0 Å². The number of anilines is 1.